The summed E-state index contributed by atoms with van der Waals surface area (Å²) in [5.41, 5.74) is 2.31. The molecule has 2 aliphatic carbocycles. The van der Waals surface area contributed by atoms with Crippen LogP contribution in [0.4, 0.5) is 22.2 Å². The van der Waals surface area contributed by atoms with E-state index in [1.165, 1.54) is 0 Å². The summed E-state index contributed by atoms with van der Waals surface area (Å²) in [4.78, 5) is 34.9. The van der Waals surface area contributed by atoms with Crippen LogP contribution in [-0.2, 0) is 10.3 Å². The van der Waals surface area contributed by atoms with Crippen LogP contribution in [-0.4, -0.2) is 39.7 Å². The molecule has 0 bridgehead atoms. The molecule has 1 aromatic heterocycles. The molecule has 4 N–H and O–H groups in total. The van der Waals surface area contributed by atoms with Crippen molar-refractivity contribution in [3.05, 3.63) is 41.1 Å². The van der Waals surface area contributed by atoms with Crippen LogP contribution in [0.25, 0.3) is 0 Å². The van der Waals surface area contributed by atoms with Crippen LogP contribution >= 0.6 is 0 Å². The van der Waals surface area contributed by atoms with E-state index in [0.29, 0.717) is 17.3 Å². The summed E-state index contributed by atoms with van der Waals surface area (Å²) in [6, 6.07) is 7.82. The van der Waals surface area contributed by atoms with Gasteiger partial charge in [-0.1, -0.05) is 25.0 Å². The topological polar surface area (TPSA) is 117 Å². The third kappa shape index (κ3) is 5.04. The number of hydrogen-bond acceptors (Lipinski definition) is 7. The molecule has 5 rings (SSSR count). The molecule has 35 heavy (non-hydrogen) atoms. The fraction of sp³-hybridized carbons (Fsp3) is 0.538. The van der Waals surface area contributed by atoms with Crippen molar-refractivity contribution in [3.8, 4) is 0 Å². The van der Waals surface area contributed by atoms with Crippen LogP contribution in [0, 0.1) is 6.92 Å². The molecule has 3 aliphatic rings. The predicted molar refractivity (Wildman–Crippen MR) is 134 cm³/mol. The van der Waals surface area contributed by atoms with E-state index in [1.807, 2.05) is 52.0 Å². The molecule has 9 heteroatoms. The first-order valence-electron chi connectivity index (χ1n) is 12.5. The second-order valence-corrected chi connectivity index (χ2v) is 10.9. The van der Waals surface area contributed by atoms with Crippen LogP contribution in [0.2, 0.25) is 0 Å². The van der Waals surface area contributed by atoms with Crippen LogP contribution < -0.4 is 21.3 Å². The van der Waals surface area contributed by atoms with Crippen LogP contribution in [0.3, 0.4) is 0 Å². The smallest absolute Gasteiger partial charge is 0.407 e. The van der Waals surface area contributed by atoms with Crippen molar-refractivity contribution in [3.63, 3.8) is 0 Å². The Kier molecular flexibility index (Phi) is 5.81. The van der Waals surface area contributed by atoms with Gasteiger partial charge in [0.15, 0.2) is 0 Å². The number of anilines is 3. The van der Waals surface area contributed by atoms with Crippen molar-refractivity contribution in [2.24, 2.45) is 0 Å². The highest BCUT2D eigenvalue weighted by Crippen LogP contribution is 2.51. The molecule has 2 amide bonds. The van der Waals surface area contributed by atoms with E-state index in [2.05, 4.69) is 21.3 Å². The molecule has 0 saturated heterocycles. The van der Waals surface area contributed by atoms with E-state index in [1.54, 1.807) is 0 Å². The van der Waals surface area contributed by atoms with Crippen LogP contribution in [0.15, 0.2) is 24.3 Å². The van der Waals surface area contributed by atoms with E-state index < -0.39 is 11.7 Å². The molecular formula is C26H34N6O3. The Hall–Kier alpha value is -3.36. The van der Waals surface area contributed by atoms with Gasteiger partial charge in [0.05, 0.1) is 17.3 Å². The van der Waals surface area contributed by atoms with Gasteiger partial charge in [-0.05, 0) is 71.1 Å². The maximum Gasteiger partial charge on any atom is 0.407 e. The number of carbonyl (C=O) groups is 2. The summed E-state index contributed by atoms with van der Waals surface area (Å²) in [6.07, 6.45) is 5.14. The second-order valence-electron chi connectivity index (χ2n) is 10.9. The van der Waals surface area contributed by atoms with E-state index in [4.69, 9.17) is 14.7 Å². The van der Waals surface area contributed by atoms with Gasteiger partial charge in [0.2, 0.25) is 5.95 Å². The standard InChI is InChI=1S/C26H34N6O3/c1-15-8-7-9-16(14-15)27-21-19-20(26(12-13-26)32-22(19)33)30-23(31-21)28-17-10-5-6-11-18(17)29-24(34)35-25(2,3)4/h7-9,14,17-18H,5-6,10-13H2,1-4H3,(H,29,34)(H,32,33)(H2,27,28,30,31)/t17-,18+/m0/s1. The largest absolute Gasteiger partial charge is 0.444 e. The maximum atomic E-state index is 12.9. The average molecular weight is 479 g/mol. The zero-order valence-electron chi connectivity index (χ0n) is 20.8. The Morgan fingerprint density at radius 3 is 2.57 bits per heavy atom. The van der Waals surface area contributed by atoms with E-state index >= 15 is 0 Å². The Labute approximate surface area is 205 Å². The Morgan fingerprint density at radius 2 is 1.89 bits per heavy atom. The van der Waals surface area contributed by atoms with Gasteiger partial charge < -0.3 is 26.0 Å². The molecule has 186 valence electrons. The number of amides is 2. The lowest BCUT2D eigenvalue weighted by atomic mass is 9.90. The van der Waals surface area contributed by atoms with Gasteiger partial charge in [0.25, 0.3) is 5.91 Å². The quantitative estimate of drug-likeness (QED) is 0.499. The number of aryl methyl sites for hydroxylation is 1. The third-order valence-corrected chi connectivity index (χ3v) is 6.76. The fourth-order valence-corrected chi connectivity index (χ4v) is 4.96. The molecule has 2 aromatic rings. The molecule has 1 aromatic carbocycles. The zero-order valence-corrected chi connectivity index (χ0v) is 20.8. The number of aromatic nitrogens is 2. The minimum absolute atomic E-state index is 0.0404. The number of carbonyl (C=O) groups excluding carboxylic acids is 2. The van der Waals surface area contributed by atoms with E-state index in [0.717, 1.165) is 55.5 Å². The summed E-state index contributed by atoms with van der Waals surface area (Å²) in [5, 5.41) is 13.0. The van der Waals surface area contributed by atoms with Gasteiger partial charge in [-0.25, -0.2) is 9.78 Å². The number of nitrogens with zero attached hydrogens (tertiary/aromatic N) is 2. The highest BCUT2D eigenvalue weighted by molar-refractivity contribution is 6.04. The van der Waals surface area contributed by atoms with Gasteiger partial charge >= 0.3 is 6.09 Å². The van der Waals surface area contributed by atoms with Crippen molar-refractivity contribution in [1.29, 1.82) is 0 Å². The summed E-state index contributed by atoms with van der Waals surface area (Å²) in [7, 11) is 0. The molecule has 1 aliphatic heterocycles. The molecule has 0 unspecified atom stereocenters. The van der Waals surface area contributed by atoms with Crippen molar-refractivity contribution < 1.29 is 14.3 Å². The molecule has 2 fully saturated rings. The third-order valence-electron chi connectivity index (χ3n) is 6.76. The van der Waals surface area contributed by atoms with Crippen molar-refractivity contribution in [2.45, 2.75) is 89.4 Å². The summed E-state index contributed by atoms with van der Waals surface area (Å²) in [6.45, 7) is 7.59. The summed E-state index contributed by atoms with van der Waals surface area (Å²) >= 11 is 0. The van der Waals surface area contributed by atoms with Crippen molar-refractivity contribution >= 4 is 29.5 Å². The average Bonchev–Trinajstić information content (AvgIpc) is 3.47. The highest BCUT2D eigenvalue weighted by atomic mass is 16.6. The number of hydrogen-bond donors (Lipinski definition) is 4. The Bertz CT molecular complexity index is 1150. The summed E-state index contributed by atoms with van der Waals surface area (Å²) in [5.74, 6) is 0.822. The molecular weight excluding hydrogens is 444 g/mol. The minimum atomic E-state index is -0.556. The normalized spacial score (nSPS) is 22.2. The van der Waals surface area contributed by atoms with Crippen molar-refractivity contribution in [1.82, 2.24) is 20.6 Å². The van der Waals surface area contributed by atoms with Gasteiger partial charge in [-0.3, -0.25) is 4.79 Å². The van der Waals surface area contributed by atoms with E-state index in [-0.39, 0.29) is 23.5 Å². The SMILES string of the molecule is Cc1cccc(Nc2nc(N[C@H]3CCCC[C@H]3NC(=O)OC(C)(C)C)nc3c2C(=O)NC32CC2)c1. The molecule has 1 spiro atoms. The predicted octanol–water partition coefficient (Wildman–Crippen LogP) is 4.51. The molecule has 2 atom stereocenters. The molecule has 2 heterocycles. The molecule has 0 radical (unpaired) electrons. The number of rotatable bonds is 5. The Balaban J connectivity index is 1.42. The van der Waals surface area contributed by atoms with Crippen LogP contribution in [0.1, 0.15) is 80.9 Å². The lowest BCUT2D eigenvalue weighted by Crippen LogP contribution is -2.50. The fourth-order valence-electron chi connectivity index (χ4n) is 4.96. The van der Waals surface area contributed by atoms with Gasteiger partial charge in [0.1, 0.15) is 17.0 Å². The monoisotopic (exact) mass is 478 g/mol. The number of nitrogens with one attached hydrogen (secondary N) is 4. The number of benzene rings is 1. The van der Waals surface area contributed by atoms with Crippen LogP contribution in [0.5, 0.6) is 0 Å². The van der Waals surface area contributed by atoms with Gasteiger partial charge in [-0.15, -0.1) is 0 Å². The minimum Gasteiger partial charge on any atom is -0.444 e. The van der Waals surface area contributed by atoms with E-state index in [9.17, 15) is 9.59 Å². The first kappa shape index (κ1) is 23.4. The second kappa shape index (κ2) is 8.70. The zero-order chi connectivity index (χ0) is 24.8. The number of ether oxygens (including phenoxy) is 1. The number of alkyl carbamates (subject to hydrolysis) is 1. The summed E-state index contributed by atoms with van der Waals surface area (Å²) < 4.78 is 5.48. The van der Waals surface area contributed by atoms with Crippen molar-refractivity contribution in [2.75, 3.05) is 10.6 Å². The molecule has 2 saturated carbocycles. The first-order valence-corrected chi connectivity index (χ1v) is 12.5. The van der Waals surface area contributed by atoms with Gasteiger partial charge in [-0.2, -0.15) is 4.98 Å². The molecule has 9 nitrogen and oxygen atoms in total. The first-order chi connectivity index (χ1) is 16.6. The lowest BCUT2D eigenvalue weighted by molar-refractivity contribution is 0.0488. The highest BCUT2D eigenvalue weighted by Gasteiger charge is 2.55. The van der Waals surface area contributed by atoms with Gasteiger partial charge in [0, 0.05) is 11.7 Å². The number of fused-ring (bicyclic) bond motifs is 2. The lowest BCUT2D eigenvalue weighted by Gasteiger charge is -2.33. The maximum absolute atomic E-state index is 12.9. The Morgan fingerprint density at radius 1 is 1.14 bits per heavy atom.